The SMILES string of the molecule is CC(C)(C)c1ccnc(-n2c3[c-]c(Oc4[c-]c(N5[CH-]N(c6c(-c7ccccc7)cccc6-c6cccc(-c7ccccc7)c6)c6ccccc65)ccc4)ccc3c3oc4ccc5ccccc5c4c32)c1.[Pt]. The zero-order valence-corrected chi connectivity index (χ0v) is 41.5. The molecule has 4 heterocycles. The van der Waals surface area contributed by atoms with E-state index in [-0.39, 0.29) is 26.5 Å². The topological polar surface area (TPSA) is 46.7 Å². The minimum atomic E-state index is -0.0872. The smallest absolute Gasteiger partial charge is 0.136 e. The number of pyridine rings is 1. The molecule has 0 saturated heterocycles. The largest absolute Gasteiger partial charge is 0.509 e. The first-order valence-electron chi connectivity index (χ1n) is 23.7. The number of rotatable bonds is 8. The summed E-state index contributed by atoms with van der Waals surface area (Å²) in [4.78, 5) is 9.50. The number of ether oxygens (including phenoxy) is 1. The molecular weight excluding hydrogens is 1050 g/mol. The molecule has 0 amide bonds. The molecule has 1 aliphatic rings. The van der Waals surface area contributed by atoms with E-state index >= 15 is 0 Å². The average Bonchev–Trinajstić information content (AvgIpc) is 4.08. The van der Waals surface area contributed by atoms with Gasteiger partial charge in [0, 0.05) is 67.0 Å². The van der Waals surface area contributed by atoms with Crippen LogP contribution in [0.5, 0.6) is 11.5 Å². The number of para-hydroxylation sites is 3. The van der Waals surface area contributed by atoms with E-state index in [0.717, 1.165) is 94.6 Å². The summed E-state index contributed by atoms with van der Waals surface area (Å²) >= 11 is 0. The Hall–Kier alpha value is -8.18. The summed E-state index contributed by atoms with van der Waals surface area (Å²) in [6.07, 6.45) is 1.90. The summed E-state index contributed by atoms with van der Waals surface area (Å²) in [6.45, 7) is 8.85. The van der Waals surface area contributed by atoms with E-state index in [1.165, 1.54) is 16.7 Å². The van der Waals surface area contributed by atoms with Crippen LogP contribution in [-0.2, 0) is 26.5 Å². The van der Waals surface area contributed by atoms with Crippen LogP contribution in [0.25, 0.3) is 82.9 Å². The van der Waals surface area contributed by atoms with E-state index in [4.69, 9.17) is 14.1 Å². The van der Waals surface area contributed by atoms with Crippen LogP contribution in [0.3, 0.4) is 0 Å². The first-order chi connectivity index (χ1) is 34.3. The van der Waals surface area contributed by atoms with E-state index < -0.39 is 0 Å². The van der Waals surface area contributed by atoms with Gasteiger partial charge in [0.2, 0.25) is 0 Å². The van der Waals surface area contributed by atoms with Crippen molar-refractivity contribution in [1.29, 1.82) is 0 Å². The minimum Gasteiger partial charge on any atom is -0.509 e. The maximum Gasteiger partial charge on any atom is 0.136 e. The molecular formula is C64H45N4O2Pt-3. The van der Waals surface area contributed by atoms with Crippen LogP contribution in [0.1, 0.15) is 26.3 Å². The van der Waals surface area contributed by atoms with Gasteiger partial charge >= 0.3 is 0 Å². The summed E-state index contributed by atoms with van der Waals surface area (Å²) in [7, 11) is 0. The second-order valence-electron chi connectivity index (χ2n) is 18.9. The van der Waals surface area contributed by atoms with Gasteiger partial charge in [-0.05, 0) is 80.4 Å². The Morgan fingerprint density at radius 1 is 0.549 bits per heavy atom. The first kappa shape index (κ1) is 44.1. The second-order valence-corrected chi connectivity index (χ2v) is 18.9. The Morgan fingerprint density at radius 2 is 1.21 bits per heavy atom. The third-order valence-corrected chi connectivity index (χ3v) is 13.5. The first-order valence-corrected chi connectivity index (χ1v) is 23.7. The van der Waals surface area contributed by atoms with Gasteiger partial charge in [-0.15, -0.1) is 42.7 Å². The monoisotopic (exact) mass is 1100 g/mol. The molecule has 0 radical (unpaired) electrons. The fourth-order valence-corrected chi connectivity index (χ4v) is 10.1. The van der Waals surface area contributed by atoms with Gasteiger partial charge in [0.15, 0.2) is 0 Å². The molecule has 346 valence electrons. The van der Waals surface area contributed by atoms with Gasteiger partial charge < -0.3 is 23.5 Å². The molecule has 0 unspecified atom stereocenters. The summed E-state index contributed by atoms with van der Waals surface area (Å²) in [5.74, 6) is 1.90. The van der Waals surface area contributed by atoms with Crippen LogP contribution in [0.2, 0.25) is 0 Å². The van der Waals surface area contributed by atoms with Crippen LogP contribution in [0.15, 0.2) is 217 Å². The van der Waals surface area contributed by atoms with E-state index in [0.29, 0.717) is 11.5 Å². The van der Waals surface area contributed by atoms with Crippen LogP contribution < -0.4 is 14.5 Å². The molecule has 0 aliphatic carbocycles. The van der Waals surface area contributed by atoms with Crippen molar-refractivity contribution in [2.75, 3.05) is 9.80 Å². The molecule has 0 bridgehead atoms. The normalized spacial score (nSPS) is 12.5. The molecule has 6 nitrogen and oxygen atoms in total. The van der Waals surface area contributed by atoms with Gasteiger partial charge in [-0.3, -0.25) is 0 Å². The summed E-state index contributed by atoms with van der Waals surface area (Å²) in [5, 5.41) is 4.23. The maximum atomic E-state index is 6.76. The van der Waals surface area contributed by atoms with Gasteiger partial charge in [-0.1, -0.05) is 171 Å². The molecule has 13 rings (SSSR count). The molecule has 7 heteroatoms. The van der Waals surface area contributed by atoms with Crippen LogP contribution in [0.4, 0.5) is 22.7 Å². The van der Waals surface area contributed by atoms with Gasteiger partial charge in [0.25, 0.3) is 0 Å². The standard InChI is InChI=1S/C64H45N4O2.Pt/c1-64(2,3)47-35-36-65-59(38-47)68-57-40-50(32-33-54(57)63-62(68)60-51-26-11-10-21-44(51)31-34-58(60)70-63)69-49-25-15-24-48(39-49)66-41-67(56-30-13-12-29-55(56)66)61-52(43-19-8-5-9-20-43)27-16-28-53(61)46-23-14-22-45(37-46)42-17-6-4-7-18-42;/h4-38,41H,1-3H3;/q-3;. The zero-order valence-electron chi connectivity index (χ0n) is 39.2. The molecule has 9 aromatic carbocycles. The van der Waals surface area contributed by atoms with Gasteiger partial charge in [-0.25, -0.2) is 4.98 Å². The van der Waals surface area contributed by atoms with E-state index in [1.54, 1.807) is 0 Å². The number of furan rings is 1. The van der Waals surface area contributed by atoms with E-state index in [9.17, 15) is 0 Å². The van der Waals surface area contributed by atoms with Crippen molar-refractivity contribution < 1.29 is 30.2 Å². The van der Waals surface area contributed by atoms with Gasteiger partial charge in [0.1, 0.15) is 17.0 Å². The Kier molecular flexibility index (Phi) is 11.0. The predicted molar refractivity (Wildman–Crippen MR) is 287 cm³/mol. The Morgan fingerprint density at radius 3 is 2.01 bits per heavy atom. The average molecular weight is 1100 g/mol. The summed E-state index contributed by atoms with van der Waals surface area (Å²) in [6, 6.07) is 79.5. The third kappa shape index (κ3) is 7.67. The second kappa shape index (κ2) is 17.7. The molecule has 1 aliphatic heterocycles. The fourth-order valence-electron chi connectivity index (χ4n) is 10.1. The Balaban J connectivity index is 0.00000517. The van der Waals surface area contributed by atoms with Crippen molar-refractivity contribution in [1.82, 2.24) is 9.55 Å². The minimum absolute atomic E-state index is 0. The molecule has 12 aromatic rings. The summed E-state index contributed by atoms with van der Waals surface area (Å²) in [5.41, 5.74) is 15.3. The molecule has 0 fully saturated rings. The van der Waals surface area contributed by atoms with Crippen molar-refractivity contribution in [3.8, 4) is 50.7 Å². The van der Waals surface area contributed by atoms with Crippen molar-refractivity contribution in [2.24, 2.45) is 0 Å². The van der Waals surface area contributed by atoms with Crippen LogP contribution >= 0.6 is 0 Å². The number of anilines is 4. The Labute approximate surface area is 427 Å². The predicted octanol–water partition coefficient (Wildman–Crippen LogP) is 17.2. The van der Waals surface area contributed by atoms with Crippen LogP contribution in [0, 0.1) is 18.8 Å². The number of hydrogen-bond acceptors (Lipinski definition) is 5. The van der Waals surface area contributed by atoms with E-state index in [1.807, 2.05) is 24.4 Å². The third-order valence-electron chi connectivity index (χ3n) is 13.5. The van der Waals surface area contributed by atoms with E-state index in [2.05, 4.69) is 242 Å². The maximum absolute atomic E-state index is 6.76. The van der Waals surface area contributed by atoms with Crippen LogP contribution in [-0.4, -0.2) is 9.55 Å². The number of nitrogens with zero attached hydrogens (tertiary/aromatic N) is 4. The van der Waals surface area contributed by atoms with Crippen molar-refractivity contribution in [2.45, 2.75) is 26.2 Å². The van der Waals surface area contributed by atoms with Gasteiger partial charge in [-0.2, -0.15) is 12.1 Å². The molecule has 3 aromatic heterocycles. The summed E-state index contributed by atoms with van der Waals surface area (Å²) < 4.78 is 15.7. The molecule has 0 N–H and O–H groups in total. The molecule has 71 heavy (non-hydrogen) atoms. The number of aromatic nitrogens is 2. The molecule has 0 spiro atoms. The zero-order chi connectivity index (χ0) is 46.9. The van der Waals surface area contributed by atoms with Crippen molar-refractivity contribution >= 4 is 66.5 Å². The molecule has 0 atom stereocenters. The van der Waals surface area contributed by atoms with Gasteiger partial charge in [0.05, 0.1) is 10.9 Å². The quantitative estimate of drug-likeness (QED) is 0.142. The number of fused-ring (bicyclic) bond motifs is 8. The number of hydrogen-bond donors (Lipinski definition) is 0. The molecule has 0 saturated carbocycles. The Bertz CT molecular complexity index is 3970. The number of benzene rings is 9. The van der Waals surface area contributed by atoms with Crippen molar-refractivity contribution in [3.05, 3.63) is 237 Å². The van der Waals surface area contributed by atoms with Crippen molar-refractivity contribution in [3.63, 3.8) is 0 Å². The fraction of sp³-hybridized carbons (Fsp3) is 0.0625.